The molecule has 1 amide bonds. The van der Waals surface area contributed by atoms with E-state index in [1.807, 2.05) is 9.80 Å². The van der Waals surface area contributed by atoms with Crippen LogP contribution in [-0.4, -0.2) is 73.4 Å². The number of carbonyl (C=O) groups excluding carboxylic acids is 1. The second-order valence-corrected chi connectivity index (χ2v) is 9.04. The number of carbonyl (C=O) groups is 1. The van der Waals surface area contributed by atoms with Crippen LogP contribution >= 0.6 is 0 Å². The average Bonchev–Trinajstić information content (AvgIpc) is 3.36. The minimum atomic E-state index is -2.22. The van der Waals surface area contributed by atoms with Crippen molar-refractivity contribution < 1.29 is 23.0 Å². The van der Waals surface area contributed by atoms with Gasteiger partial charge in [0.15, 0.2) is 0 Å². The Bertz CT molecular complexity index is 505. The highest BCUT2D eigenvalue weighted by molar-refractivity contribution is 5.68. The zero-order valence-corrected chi connectivity index (χ0v) is 16.1. The molecule has 3 aliphatic heterocycles. The highest BCUT2D eigenvalue weighted by Crippen LogP contribution is 2.42. The number of amides is 1. The van der Waals surface area contributed by atoms with E-state index in [0.29, 0.717) is 11.8 Å². The lowest BCUT2D eigenvalue weighted by atomic mass is 9.86. The number of epoxide rings is 1. The molecule has 7 heteroatoms. The van der Waals surface area contributed by atoms with Gasteiger partial charge in [0.05, 0.1) is 18.8 Å². The van der Waals surface area contributed by atoms with E-state index in [1.165, 1.54) is 0 Å². The number of alkyl halides is 2. The molecule has 1 spiro atoms. The number of hydrogen-bond acceptors (Lipinski definition) is 4. The Morgan fingerprint density at radius 2 is 1.70 bits per heavy atom. The topological polar surface area (TPSA) is 45.3 Å². The lowest BCUT2D eigenvalue weighted by Gasteiger charge is -2.40. The molecule has 1 aliphatic carbocycles. The fourth-order valence-electron chi connectivity index (χ4n) is 4.87. The normalized spacial score (nSPS) is 32.7. The monoisotopic (exact) mass is 386 g/mol. The third kappa shape index (κ3) is 5.11. The predicted molar refractivity (Wildman–Crippen MR) is 96.9 cm³/mol. The number of nitrogens with zero attached hydrogens (tertiary/aromatic N) is 2. The predicted octanol–water partition coefficient (Wildman–Crippen LogP) is 3.52. The number of rotatable bonds is 6. The second kappa shape index (κ2) is 8.19. The Morgan fingerprint density at radius 1 is 1.07 bits per heavy atom. The first kappa shape index (κ1) is 19.4. The van der Waals surface area contributed by atoms with Crippen LogP contribution in [0.15, 0.2) is 0 Å². The minimum absolute atomic E-state index is 0.0600. The molecule has 0 aromatic rings. The molecule has 4 rings (SSSR count). The van der Waals surface area contributed by atoms with Gasteiger partial charge in [-0.25, -0.2) is 13.6 Å². The molecular formula is C20H32F2N2O3. The van der Waals surface area contributed by atoms with Crippen LogP contribution in [-0.2, 0) is 9.47 Å². The summed E-state index contributed by atoms with van der Waals surface area (Å²) in [6.07, 6.45) is 5.91. The summed E-state index contributed by atoms with van der Waals surface area (Å²) in [5.41, 5.74) is 0.139. The van der Waals surface area contributed by atoms with Gasteiger partial charge >= 0.3 is 6.09 Å². The van der Waals surface area contributed by atoms with Crippen molar-refractivity contribution in [2.24, 2.45) is 11.8 Å². The molecule has 4 fully saturated rings. The van der Waals surface area contributed by atoms with E-state index in [1.54, 1.807) is 0 Å². The molecule has 0 aromatic heterocycles. The molecule has 0 unspecified atom stereocenters. The van der Waals surface area contributed by atoms with E-state index in [2.05, 4.69) is 0 Å². The van der Waals surface area contributed by atoms with Crippen LogP contribution in [0.1, 0.15) is 51.4 Å². The maximum atomic E-state index is 12.4. The van der Waals surface area contributed by atoms with Gasteiger partial charge in [-0.15, -0.1) is 0 Å². The van der Waals surface area contributed by atoms with E-state index >= 15 is 0 Å². The molecular weight excluding hydrogens is 354 g/mol. The Hall–Kier alpha value is -0.950. The number of ether oxygens (including phenoxy) is 2. The standard InChI is InChI=1S/C20H32F2N2O3/c21-18(22)13-23-9-5-15(6-10-23)1-2-16-11-24(12-16)19(25)27-17-3-7-20(8-4-17)14-26-20/h15-18H,1-14H2. The smallest absolute Gasteiger partial charge is 0.410 e. The summed E-state index contributed by atoms with van der Waals surface area (Å²) in [6.45, 7) is 4.01. The quantitative estimate of drug-likeness (QED) is 0.655. The summed E-state index contributed by atoms with van der Waals surface area (Å²) in [5.74, 6) is 1.23. The lowest BCUT2D eigenvalue weighted by Crippen LogP contribution is -2.51. The first-order valence-corrected chi connectivity index (χ1v) is 10.6. The maximum Gasteiger partial charge on any atom is 0.410 e. The van der Waals surface area contributed by atoms with Crippen molar-refractivity contribution in [1.82, 2.24) is 9.80 Å². The third-order valence-electron chi connectivity index (χ3n) is 6.97. The minimum Gasteiger partial charge on any atom is -0.446 e. The van der Waals surface area contributed by atoms with E-state index < -0.39 is 6.43 Å². The summed E-state index contributed by atoms with van der Waals surface area (Å²) >= 11 is 0. The number of halogens is 2. The maximum absolute atomic E-state index is 12.4. The van der Waals surface area contributed by atoms with Gasteiger partial charge in [0.25, 0.3) is 6.43 Å². The summed E-state index contributed by atoms with van der Waals surface area (Å²) in [7, 11) is 0. The molecule has 0 N–H and O–H groups in total. The molecule has 27 heavy (non-hydrogen) atoms. The largest absolute Gasteiger partial charge is 0.446 e. The molecule has 154 valence electrons. The highest BCUT2D eigenvalue weighted by atomic mass is 19.3. The molecule has 3 saturated heterocycles. The van der Waals surface area contributed by atoms with Crippen molar-refractivity contribution >= 4 is 6.09 Å². The first-order valence-electron chi connectivity index (χ1n) is 10.6. The summed E-state index contributed by atoms with van der Waals surface area (Å²) in [6, 6.07) is 0. The van der Waals surface area contributed by atoms with Crippen LogP contribution in [0.4, 0.5) is 13.6 Å². The van der Waals surface area contributed by atoms with Crippen LogP contribution in [0.3, 0.4) is 0 Å². The van der Waals surface area contributed by atoms with E-state index in [-0.39, 0.29) is 24.3 Å². The number of hydrogen-bond donors (Lipinski definition) is 0. The van der Waals surface area contributed by atoms with Gasteiger partial charge in [-0.3, -0.25) is 4.90 Å². The second-order valence-electron chi connectivity index (χ2n) is 9.04. The van der Waals surface area contributed by atoms with E-state index in [0.717, 1.165) is 84.2 Å². The van der Waals surface area contributed by atoms with Crippen molar-refractivity contribution in [2.45, 2.75) is 69.5 Å². The van der Waals surface area contributed by atoms with Gasteiger partial charge in [0, 0.05) is 13.1 Å². The van der Waals surface area contributed by atoms with Crippen molar-refractivity contribution in [3.63, 3.8) is 0 Å². The molecule has 5 nitrogen and oxygen atoms in total. The van der Waals surface area contributed by atoms with Crippen LogP contribution in [0.5, 0.6) is 0 Å². The van der Waals surface area contributed by atoms with Gasteiger partial charge < -0.3 is 14.4 Å². The molecule has 1 saturated carbocycles. The SMILES string of the molecule is O=C(OC1CCC2(CC1)CO2)N1CC(CCC2CCN(CC(F)F)CC2)C1. The van der Waals surface area contributed by atoms with Gasteiger partial charge in [0.1, 0.15) is 6.10 Å². The number of piperidine rings is 1. The Labute approximate surface area is 160 Å². The molecule has 4 aliphatic rings. The molecule has 0 atom stereocenters. The average molecular weight is 386 g/mol. The van der Waals surface area contributed by atoms with Crippen molar-refractivity contribution in [1.29, 1.82) is 0 Å². The highest BCUT2D eigenvalue weighted by Gasteiger charge is 2.47. The third-order valence-corrected chi connectivity index (χ3v) is 6.97. The van der Waals surface area contributed by atoms with E-state index in [4.69, 9.17) is 9.47 Å². The Morgan fingerprint density at radius 3 is 2.30 bits per heavy atom. The van der Waals surface area contributed by atoms with Crippen molar-refractivity contribution in [2.75, 3.05) is 39.3 Å². The zero-order chi connectivity index (χ0) is 18.9. The van der Waals surface area contributed by atoms with Crippen LogP contribution < -0.4 is 0 Å². The van der Waals surface area contributed by atoms with Gasteiger partial charge in [0.2, 0.25) is 0 Å². The van der Waals surface area contributed by atoms with Crippen LogP contribution in [0, 0.1) is 11.8 Å². The zero-order valence-electron chi connectivity index (χ0n) is 16.1. The van der Waals surface area contributed by atoms with E-state index in [9.17, 15) is 13.6 Å². The van der Waals surface area contributed by atoms with Gasteiger partial charge in [-0.1, -0.05) is 0 Å². The summed E-state index contributed by atoms with van der Waals surface area (Å²) in [4.78, 5) is 16.0. The fraction of sp³-hybridized carbons (Fsp3) is 0.950. The molecule has 0 aromatic carbocycles. The van der Waals surface area contributed by atoms with Crippen molar-refractivity contribution in [3.8, 4) is 0 Å². The lowest BCUT2D eigenvalue weighted by molar-refractivity contribution is 0.00477. The first-order chi connectivity index (χ1) is 13.0. The van der Waals surface area contributed by atoms with Gasteiger partial charge in [-0.05, 0) is 76.3 Å². The van der Waals surface area contributed by atoms with Crippen LogP contribution in [0.25, 0.3) is 0 Å². The van der Waals surface area contributed by atoms with Crippen LogP contribution in [0.2, 0.25) is 0 Å². The van der Waals surface area contributed by atoms with Crippen molar-refractivity contribution in [3.05, 3.63) is 0 Å². The fourth-order valence-corrected chi connectivity index (χ4v) is 4.87. The summed E-state index contributed by atoms with van der Waals surface area (Å²) < 4.78 is 36.0. The molecule has 0 radical (unpaired) electrons. The number of likely N-dealkylation sites (tertiary alicyclic amines) is 2. The van der Waals surface area contributed by atoms with Gasteiger partial charge in [-0.2, -0.15) is 0 Å². The summed E-state index contributed by atoms with van der Waals surface area (Å²) in [5, 5.41) is 0. The Kier molecular flexibility index (Phi) is 5.88. The molecule has 0 bridgehead atoms. The molecule has 3 heterocycles. The Balaban J connectivity index is 1.06.